The Kier molecular flexibility index (Phi) is 7.09. The zero-order valence-electron chi connectivity index (χ0n) is 28.3. The minimum absolute atomic E-state index is 0.575. The SMILES string of the molecule is N#Cc1ccc2c(c1)c1cc(-c3nc(-c4cccc5ccccc45)nc(-c4cccc5ccccc45)n3)ccc1n2-c1ccc(-c2cccnc2)cc1. The fourth-order valence-corrected chi connectivity index (χ4v) is 7.43. The van der Waals surface area contributed by atoms with Crippen molar-refractivity contribution >= 4 is 43.4 Å². The summed E-state index contributed by atoms with van der Waals surface area (Å²) in [7, 11) is 0. The van der Waals surface area contributed by atoms with Crippen LogP contribution in [0.5, 0.6) is 0 Å². The molecule has 246 valence electrons. The fraction of sp³-hybridized carbons (Fsp3) is 0. The molecule has 0 radical (unpaired) electrons. The van der Waals surface area contributed by atoms with Crippen LogP contribution in [0.15, 0.2) is 170 Å². The number of aromatic nitrogens is 5. The molecule has 7 aromatic carbocycles. The molecule has 0 bridgehead atoms. The lowest BCUT2D eigenvalue weighted by Gasteiger charge is -2.12. The summed E-state index contributed by atoms with van der Waals surface area (Å²) in [6.07, 6.45) is 3.66. The van der Waals surface area contributed by atoms with E-state index in [-0.39, 0.29) is 0 Å². The van der Waals surface area contributed by atoms with Crippen molar-refractivity contribution in [2.24, 2.45) is 0 Å². The number of pyridine rings is 1. The van der Waals surface area contributed by atoms with Crippen LogP contribution in [0, 0.1) is 11.3 Å². The van der Waals surface area contributed by atoms with Gasteiger partial charge in [0.1, 0.15) is 0 Å². The summed E-state index contributed by atoms with van der Waals surface area (Å²) in [4.78, 5) is 19.8. The van der Waals surface area contributed by atoms with Crippen molar-refractivity contribution in [3.8, 4) is 57.0 Å². The van der Waals surface area contributed by atoms with Crippen molar-refractivity contribution in [3.63, 3.8) is 0 Å². The maximum atomic E-state index is 9.90. The van der Waals surface area contributed by atoms with Gasteiger partial charge in [0, 0.05) is 45.5 Å². The molecule has 0 aliphatic rings. The van der Waals surface area contributed by atoms with Gasteiger partial charge in [-0.1, -0.05) is 103 Å². The van der Waals surface area contributed by atoms with Crippen molar-refractivity contribution in [1.29, 1.82) is 5.26 Å². The maximum absolute atomic E-state index is 9.90. The third-order valence-corrected chi connectivity index (χ3v) is 9.97. The van der Waals surface area contributed by atoms with E-state index < -0.39 is 0 Å². The van der Waals surface area contributed by atoms with Crippen LogP contribution in [0.4, 0.5) is 0 Å². The van der Waals surface area contributed by atoms with Crippen molar-refractivity contribution in [3.05, 3.63) is 176 Å². The van der Waals surface area contributed by atoms with E-state index in [0.717, 1.165) is 76.9 Å². The lowest BCUT2D eigenvalue weighted by atomic mass is 10.0. The van der Waals surface area contributed by atoms with Gasteiger partial charge in [-0.3, -0.25) is 4.98 Å². The Bertz CT molecular complexity index is 2960. The lowest BCUT2D eigenvalue weighted by Crippen LogP contribution is -2.01. The van der Waals surface area contributed by atoms with Gasteiger partial charge in [0.15, 0.2) is 17.5 Å². The summed E-state index contributed by atoms with van der Waals surface area (Å²) >= 11 is 0. The Balaban J connectivity index is 1.19. The molecule has 0 unspecified atom stereocenters. The number of benzene rings is 7. The zero-order chi connectivity index (χ0) is 35.3. The molecule has 10 aromatic rings. The van der Waals surface area contributed by atoms with Crippen LogP contribution in [0.3, 0.4) is 0 Å². The normalized spacial score (nSPS) is 11.4. The Morgan fingerprint density at radius 1 is 0.453 bits per heavy atom. The van der Waals surface area contributed by atoms with Crippen LogP contribution in [0.1, 0.15) is 5.56 Å². The van der Waals surface area contributed by atoms with Crippen LogP contribution >= 0.6 is 0 Å². The second-order valence-corrected chi connectivity index (χ2v) is 13.1. The highest BCUT2D eigenvalue weighted by atomic mass is 15.0. The average molecular weight is 677 g/mol. The molecular weight excluding hydrogens is 649 g/mol. The predicted octanol–water partition coefficient (Wildman–Crippen LogP) is 11.2. The molecule has 6 heteroatoms. The van der Waals surface area contributed by atoms with Crippen LogP contribution in [0.2, 0.25) is 0 Å². The second kappa shape index (κ2) is 12.4. The lowest BCUT2D eigenvalue weighted by molar-refractivity contribution is 1.08. The summed E-state index contributed by atoms with van der Waals surface area (Å²) in [6, 6.07) is 56.2. The Labute approximate surface area is 304 Å². The zero-order valence-corrected chi connectivity index (χ0v) is 28.3. The molecule has 0 amide bonds. The van der Waals surface area contributed by atoms with Crippen molar-refractivity contribution in [2.75, 3.05) is 0 Å². The maximum Gasteiger partial charge on any atom is 0.164 e. The number of fused-ring (bicyclic) bond motifs is 5. The van der Waals surface area contributed by atoms with E-state index in [0.29, 0.717) is 23.0 Å². The van der Waals surface area contributed by atoms with E-state index >= 15 is 0 Å². The summed E-state index contributed by atoms with van der Waals surface area (Å²) < 4.78 is 2.25. The van der Waals surface area contributed by atoms with Gasteiger partial charge in [0.25, 0.3) is 0 Å². The number of rotatable bonds is 5. The third-order valence-electron chi connectivity index (χ3n) is 9.97. The molecule has 3 aromatic heterocycles. The smallest absolute Gasteiger partial charge is 0.164 e. The molecule has 0 atom stereocenters. The van der Waals surface area contributed by atoms with Gasteiger partial charge in [0.05, 0.1) is 22.7 Å². The number of nitrogens with zero attached hydrogens (tertiary/aromatic N) is 6. The van der Waals surface area contributed by atoms with Crippen molar-refractivity contribution in [1.82, 2.24) is 24.5 Å². The monoisotopic (exact) mass is 676 g/mol. The first-order chi connectivity index (χ1) is 26.2. The molecule has 0 aliphatic carbocycles. The van der Waals surface area contributed by atoms with Crippen molar-refractivity contribution in [2.45, 2.75) is 0 Å². The molecule has 10 rings (SSSR count). The first-order valence-electron chi connectivity index (χ1n) is 17.4. The Hall–Kier alpha value is -7.49. The summed E-state index contributed by atoms with van der Waals surface area (Å²) in [6.45, 7) is 0. The van der Waals surface area contributed by atoms with E-state index in [1.807, 2.05) is 54.7 Å². The quantitative estimate of drug-likeness (QED) is 0.181. The van der Waals surface area contributed by atoms with E-state index in [2.05, 4.69) is 125 Å². The first kappa shape index (κ1) is 30.3. The molecule has 0 spiro atoms. The molecule has 6 nitrogen and oxygen atoms in total. The Morgan fingerprint density at radius 3 is 1.68 bits per heavy atom. The van der Waals surface area contributed by atoms with Crippen LogP contribution in [-0.2, 0) is 0 Å². The fourth-order valence-electron chi connectivity index (χ4n) is 7.43. The predicted molar refractivity (Wildman–Crippen MR) is 213 cm³/mol. The van der Waals surface area contributed by atoms with Crippen molar-refractivity contribution < 1.29 is 0 Å². The molecule has 0 saturated heterocycles. The van der Waals surface area contributed by atoms with Gasteiger partial charge in [-0.05, 0) is 87.3 Å². The van der Waals surface area contributed by atoms with Gasteiger partial charge >= 0.3 is 0 Å². The highest BCUT2D eigenvalue weighted by Crippen LogP contribution is 2.37. The average Bonchev–Trinajstić information content (AvgIpc) is 3.56. The van der Waals surface area contributed by atoms with E-state index in [9.17, 15) is 5.26 Å². The first-order valence-corrected chi connectivity index (χ1v) is 17.4. The molecule has 53 heavy (non-hydrogen) atoms. The third kappa shape index (κ3) is 5.19. The van der Waals surface area contributed by atoms with Crippen LogP contribution in [-0.4, -0.2) is 24.5 Å². The molecule has 3 heterocycles. The molecule has 0 saturated carbocycles. The van der Waals surface area contributed by atoms with E-state index in [1.165, 1.54) is 0 Å². The largest absolute Gasteiger partial charge is 0.309 e. The minimum atomic E-state index is 0.575. The highest BCUT2D eigenvalue weighted by Gasteiger charge is 2.19. The van der Waals surface area contributed by atoms with Crippen LogP contribution < -0.4 is 0 Å². The summed E-state index contributed by atoms with van der Waals surface area (Å²) in [5.74, 6) is 1.79. The summed E-state index contributed by atoms with van der Waals surface area (Å²) in [5, 5.41) is 16.3. The van der Waals surface area contributed by atoms with Gasteiger partial charge in [-0.25, -0.2) is 15.0 Å². The second-order valence-electron chi connectivity index (χ2n) is 13.1. The molecule has 0 aliphatic heterocycles. The number of hydrogen-bond acceptors (Lipinski definition) is 5. The Morgan fingerprint density at radius 2 is 1.04 bits per heavy atom. The molecular formula is C47H28N6. The minimum Gasteiger partial charge on any atom is -0.309 e. The van der Waals surface area contributed by atoms with Gasteiger partial charge in [-0.15, -0.1) is 0 Å². The van der Waals surface area contributed by atoms with E-state index in [4.69, 9.17) is 15.0 Å². The highest BCUT2D eigenvalue weighted by molar-refractivity contribution is 6.11. The standard InChI is InChI=1S/C47H28N6/c48-28-30-17-23-43-41(26-30)42-27-34(20-24-44(42)53(43)36-21-18-31(19-22-36)35-12-7-25-49-29-35)45-50-46(39-15-5-10-32-8-1-3-13-37(32)39)52-47(51-45)40-16-6-11-33-9-2-4-14-38(33)40/h1-27,29H. The van der Waals surface area contributed by atoms with Gasteiger partial charge < -0.3 is 4.57 Å². The van der Waals surface area contributed by atoms with Gasteiger partial charge in [-0.2, -0.15) is 5.26 Å². The summed E-state index contributed by atoms with van der Waals surface area (Å²) in [5.41, 5.74) is 8.55. The van der Waals surface area contributed by atoms with Gasteiger partial charge in [0.2, 0.25) is 0 Å². The molecule has 0 N–H and O–H groups in total. The molecule has 0 fully saturated rings. The van der Waals surface area contributed by atoms with E-state index in [1.54, 1.807) is 6.20 Å². The number of nitriles is 1. The van der Waals surface area contributed by atoms with Crippen LogP contribution in [0.25, 0.3) is 94.3 Å². The topological polar surface area (TPSA) is 80.3 Å². The number of hydrogen-bond donors (Lipinski definition) is 0.